The molecule has 0 bridgehead atoms. The van der Waals surface area contributed by atoms with E-state index in [2.05, 4.69) is 0 Å². The maximum atomic E-state index is 12.3. The minimum atomic E-state index is -0.789. The molecule has 1 fully saturated rings. The van der Waals surface area contributed by atoms with Crippen molar-refractivity contribution >= 4 is 17.6 Å². The number of para-hydroxylation sites is 2. The lowest BCUT2D eigenvalue weighted by Gasteiger charge is -2.15. The molecule has 128 valence electrons. The van der Waals surface area contributed by atoms with Crippen LogP contribution in [-0.2, 0) is 14.4 Å². The van der Waals surface area contributed by atoms with Crippen LogP contribution in [-0.4, -0.2) is 42.8 Å². The maximum absolute atomic E-state index is 12.3. The number of carbonyl (C=O) groups excluding carboxylic acids is 3. The lowest BCUT2D eigenvalue weighted by molar-refractivity contribution is -0.148. The topological polar surface area (TPSA) is 72.9 Å². The molecule has 25 heavy (non-hydrogen) atoms. The first-order valence-corrected chi connectivity index (χ1v) is 7.81. The van der Waals surface area contributed by atoms with E-state index in [-0.39, 0.29) is 13.2 Å². The molecule has 0 radical (unpaired) electrons. The molecule has 0 saturated carbocycles. The molecule has 2 amide bonds. The number of Topliss-reactive ketones (excluding diaryl/α,β-unsaturated/α-hetero) is 1. The molecule has 2 aromatic rings. The summed E-state index contributed by atoms with van der Waals surface area (Å²) in [5.41, 5.74) is 0.724. The van der Waals surface area contributed by atoms with E-state index in [0.29, 0.717) is 11.5 Å². The Hall–Kier alpha value is -3.15. The van der Waals surface area contributed by atoms with E-state index in [9.17, 15) is 14.4 Å². The average Bonchev–Trinajstić information content (AvgIpc) is 2.96. The van der Waals surface area contributed by atoms with Gasteiger partial charge in [0.25, 0.3) is 11.8 Å². The number of amides is 2. The Balaban J connectivity index is 1.68. The summed E-state index contributed by atoms with van der Waals surface area (Å²) in [5, 5.41) is 0. The number of ether oxygens (including phenoxy) is 2. The Morgan fingerprint density at radius 2 is 1.68 bits per heavy atom. The maximum Gasteiger partial charge on any atom is 0.297 e. The Labute approximate surface area is 145 Å². The highest BCUT2D eigenvalue weighted by molar-refractivity contribution is 6.42. The van der Waals surface area contributed by atoms with Gasteiger partial charge in [-0.25, -0.2) is 0 Å². The molecule has 0 aromatic heterocycles. The van der Waals surface area contributed by atoms with Gasteiger partial charge in [0.2, 0.25) is 5.78 Å². The molecule has 0 N–H and O–H groups in total. The van der Waals surface area contributed by atoms with Crippen molar-refractivity contribution in [3.63, 3.8) is 0 Å². The van der Waals surface area contributed by atoms with Crippen molar-refractivity contribution in [3.05, 3.63) is 60.2 Å². The van der Waals surface area contributed by atoms with Gasteiger partial charge in [0, 0.05) is 6.54 Å². The quantitative estimate of drug-likeness (QED) is 0.777. The fraction of sp³-hybridized carbons (Fsp3) is 0.211. The number of methoxy groups -OCH3 is 1. The van der Waals surface area contributed by atoms with Gasteiger partial charge in [0.1, 0.15) is 0 Å². The zero-order chi connectivity index (χ0) is 17.8. The number of imide groups is 1. The van der Waals surface area contributed by atoms with Crippen molar-refractivity contribution in [3.8, 4) is 11.5 Å². The normalized spacial score (nSPS) is 16.8. The summed E-state index contributed by atoms with van der Waals surface area (Å²) >= 11 is 0. The summed E-state index contributed by atoms with van der Waals surface area (Å²) in [6.45, 7) is -0.309. The van der Waals surface area contributed by atoms with Crippen molar-refractivity contribution < 1.29 is 23.9 Å². The second-order valence-electron chi connectivity index (χ2n) is 5.58. The van der Waals surface area contributed by atoms with Crippen molar-refractivity contribution in [1.29, 1.82) is 0 Å². The first kappa shape index (κ1) is 16.7. The fourth-order valence-electron chi connectivity index (χ4n) is 2.74. The predicted molar refractivity (Wildman–Crippen MR) is 89.4 cm³/mol. The lowest BCUT2D eigenvalue weighted by Crippen LogP contribution is -2.37. The average molecular weight is 339 g/mol. The van der Waals surface area contributed by atoms with Crippen molar-refractivity contribution in [2.45, 2.75) is 5.92 Å². The molecule has 6 nitrogen and oxygen atoms in total. The van der Waals surface area contributed by atoms with Crippen LogP contribution >= 0.6 is 0 Å². The van der Waals surface area contributed by atoms with Crippen LogP contribution in [0.3, 0.4) is 0 Å². The summed E-state index contributed by atoms with van der Waals surface area (Å²) < 4.78 is 10.6. The van der Waals surface area contributed by atoms with Crippen LogP contribution in [0.5, 0.6) is 11.5 Å². The van der Waals surface area contributed by atoms with E-state index in [1.807, 2.05) is 6.07 Å². The van der Waals surface area contributed by atoms with Gasteiger partial charge in [-0.3, -0.25) is 19.3 Å². The number of hydrogen-bond acceptors (Lipinski definition) is 5. The summed E-state index contributed by atoms with van der Waals surface area (Å²) in [6, 6.07) is 15.9. The highest BCUT2D eigenvalue weighted by Gasteiger charge is 2.42. The number of carbonyl (C=O) groups is 3. The second kappa shape index (κ2) is 7.17. The van der Waals surface area contributed by atoms with E-state index in [4.69, 9.17) is 9.47 Å². The van der Waals surface area contributed by atoms with Gasteiger partial charge in [-0.2, -0.15) is 0 Å². The fourth-order valence-corrected chi connectivity index (χ4v) is 2.74. The zero-order valence-electron chi connectivity index (χ0n) is 13.7. The predicted octanol–water partition coefficient (Wildman–Crippen LogP) is 1.80. The standard InChI is InChI=1S/C19H17NO5/c1-24-15-9-5-6-10-16(15)25-12-17(21)20-11-14(18(22)19(20)23)13-7-3-2-4-8-13/h2-10,14H,11-12H2,1H3/t14-/m1/s1. The van der Waals surface area contributed by atoms with Gasteiger partial charge in [-0.1, -0.05) is 42.5 Å². The number of hydrogen-bond donors (Lipinski definition) is 0. The van der Waals surface area contributed by atoms with Crippen molar-refractivity contribution in [1.82, 2.24) is 4.90 Å². The molecular weight excluding hydrogens is 322 g/mol. The van der Waals surface area contributed by atoms with Gasteiger partial charge in [-0.05, 0) is 17.7 Å². The minimum Gasteiger partial charge on any atom is -0.493 e. The van der Waals surface area contributed by atoms with E-state index >= 15 is 0 Å². The van der Waals surface area contributed by atoms with Gasteiger partial charge in [0.15, 0.2) is 18.1 Å². The van der Waals surface area contributed by atoms with E-state index in [0.717, 1.165) is 10.5 Å². The van der Waals surface area contributed by atoms with Gasteiger partial charge in [0.05, 0.1) is 13.0 Å². The molecule has 0 spiro atoms. The Morgan fingerprint density at radius 3 is 2.36 bits per heavy atom. The highest BCUT2D eigenvalue weighted by atomic mass is 16.5. The van der Waals surface area contributed by atoms with E-state index in [1.54, 1.807) is 48.5 Å². The molecule has 3 rings (SSSR count). The molecule has 6 heteroatoms. The van der Waals surface area contributed by atoms with Crippen molar-refractivity contribution in [2.24, 2.45) is 0 Å². The molecular formula is C19H17NO5. The SMILES string of the molecule is COc1ccccc1OCC(=O)N1C[C@H](c2ccccc2)C(=O)C1=O. The monoisotopic (exact) mass is 339 g/mol. The molecule has 1 saturated heterocycles. The van der Waals surface area contributed by atoms with E-state index < -0.39 is 23.5 Å². The second-order valence-corrected chi connectivity index (χ2v) is 5.58. The third-order valence-corrected chi connectivity index (χ3v) is 4.06. The zero-order valence-corrected chi connectivity index (χ0v) is 13.7. The number of nitrogens with zero attached hydrogens (tertiary/aromatic N) is 1. The summed E-state index contributed by atoms with van der Waals surface area (Å²) in [4.78, 5) is 37.6. The molecule has 1 heterocycles. The number of rotatable bonds is 5. The van der Waals surface area contributed by atoms with Crippen LogP contribution in [0.15, 0.2) is 54.6 Å². The Kier molecular flexibility index (Phi) is 4.79. The number of benzene rings is 2. The molecule has 1 atom stereocenters. The largest absolute Gasteiger partial charge is 0.493 e. The summed E-state index contributed by atoms with van der Waals surface area (Å²) in [6.07, 6.45) is 0. The number of likely N-dealkylation sites (tertiary alicyclic amines) is 1. The first-order chi connectivity index (χ1) is 12.1. The summed E-state index contributed by atoms with van der Waals surface area (Å²) in [5.74, 6) is -1.65. The Bertz CT molecular complexity index is 802. The molecule has 1 aliphatic heterocycles. The number of ketones is 1. The van der Waals surface area contributed by atoms with Gasteiger partial charge < -0.3 is 9.47 Å². The molecule has 0 aliphatic carbocycles. The molecule has 2 aromatic carbocycles. The van der Waals surface area contributed by atoms with Crippen LogP contribution in [0, 0.1) is 0 Å². The third kappa shape index (κ3) is 3.38. The van der Waals surface area contributed by atoms with Crippen LogP contribution in [0.2, 0.25) is 0 Å². The van der Waals surface area contributed by atoms with Crippen LogP contribution in [0.25, 0.3) is 0 Å². The van der Waals surface area contributed by atoms with Crippen LogP contribution < -0.4 is 9.47 Å². The molecule has 1 aliphatic rings. The lowest BCUT2D eigenvalue weighted by atomic mass is 9.97. The van der Waals surface area contributed by atoms with Gasteiger partial charge in [-0.15, -0.1) is 0 Å². The minimum absolute atomic E-state index is 0.0375. The van der Waals surface area contributed by atoms with E-state index in [1.165, 1.54) is 7.11 Å². The van der Waals surface area contributed by atoms with Crippen LogP contribution in [0.1, 0.15) is 11.5 Å². The Morgan fingerprint density at radius 1 is 1.04 bits per heavy atom. The summed E-state index contributed by atoms with van der Waals surface area (Å²) in [7, 11) is 1.50. The van der Waals surface area contributed by atoms with Crippen molar-refractivity contribution in [2.75, 3.05) is 20.3 Å². The third-order valence-electron chi connectivity index (χ3n) is 4.06. The van der Waals surface area contributed by atoms with Gasteiger partial charge >= 0.3 is 0 Å². The smallest absolute Gasteiger partial charge is 0.297 e. The molecule has 0 unspecified atom stereocenters. The highest BCUT2D eigenvalue weighted by Crippen LogP contribution is 2.27. The van der Waals surface area contributed by atoms with Crippen LogP contribution in [0.4, 0.5) is 0 Å². The first-order valence-electron chi connectivity index (χ1n) is 7.81.